The third-order valence-corrected chi connectivity index (χ3v) is 2.80. The molecule has 0 aliphatic rings. The van der Waals surface area contributed by atoms with Gasteiger partial charge in [0.15, 0.2) is 0 Å². The summed E-state index contributed by atoms with van der Waals surface area (Å²) >= 11 is 3.34. The van der Waals surface area contributed by atoms with Crippen LogP contribution >= 0.6 is 15.9 Å². The van der Waals surface area contributed by atoms with Crippen LogP contribution in [0.15, 0.2) is 22.7 Å². The van der Waals surface area contributed by atoms with Gasteiger partial charge < -0.3 is 5.32 Å². The van der Waals surface area contributed by atoms with Crippen LogP contribution in [0.25, 0.3) is 0 Å². The van der Waals surface area contributed by atoms with Crippen LogP contribution in [0.4, 0.5) is 0 Å². The maximum absolute atomic E-state index is 11.8. The highest BCUT2D eigenvalue weighted by Gasteiger charge is 2.13. The zero-order valence-corrected chi connectivity index (χ0v) is 10.8. The van der Waals surface area contributed by atoms with E-state index < -0.39 is 6.04 Å². The van der Waals surface area contributed by atoms with Gasteiger partial charge in [0.1, 0.15) is 6.04 Å². The lowest BCUT2D eigenvalue weighted by Crippen LogP contribution is -2.33. The number of carbonyl (C=O) groups is 1. The Bertz CT molecular complexity index is 437. The summed E-state index contributed by atoms with van der Waals surface area (Å²) in [6.45, 7) is 3.73. The Hall–Kier alpha value is -1.34. The van der Waals surface area contributed by atoms with E-state index in [1.54, 1.807) is 6.07 Å². The third-order valence-electron chi connectivity index (χ3n) is 2.30. The predicted octanol–water partition coefficient (Wildman–Crippen LogP) is 2.79. The van der Waals surface area contributed by atoms with E-state index in [0.717, 1.165) is 10.0 Å². The molecule has 0 aromatic heterocycles. The summed E-state index contributed by atoms with van der Waals surface area (Å²) in [6.07, 6.45) is 0.609. The molecule has 0 heterocycles. The average molecular weight is 281 g/mol. The molecule has 1 amide bonds. The van der Waals surface area contributed by atoms with Crippen LogP contribution in [0, 0.1) is 18.3 Å². The van der Waals surface area contributed by atoms with Crippen molar-refractivity contribution in [2.75, 3.05) is 0 Å². The number of aryl methyl sites for hydroxylation is 1. The zero-order chi connectivity index (χ0) is 12.1. The lowest BCUT2D eigenvalue weighted by Gasteiger charge is -2.10. The van der Waals surface area contributed by atoms with E-state index >= 15 is 0 Å². The number of nitrogens with one attached hydrogen (secondary N) is 1. The fourth-order valence-corrected chi connectivity index (χ4v) is 1.82. The minimum absolute atomic E-state index is 0.196. The summed E-state index contributed by atoms with van der Waals surface area (Å²) in [5.41, 5.74) is 1.50. The first-order valence-electron chi connectivity index (χ1n) is 5.05. The number of benzene rings is 1. The summed E-state index contributed by atoms with van der Waals surface area (Å²) in [5, 5.41) is 11.4. The van der Waals surface area contributed by atoms with Crippen molar-refractivity contribution in [2.24, 2.45) is 0 Å². The molecular formula is C12H13BrN2O. The summed E-state index contributed by atoms with van der Waals surface area (Å²) in [6, 6.07) is 7.06. The second-order valence-corrected chi connectivity index (χ2v) is 4.44. The minimum Gasteiger partial charge on any atom is -0.336 e. The van der Waals surface area contributed by atoms with Crippen molar-refractivity contribution in [1.29, 1.82) is 5.26 Å². The second kappa shape index (κ2) is 5.66. The second-order valence-electron chi connectivity index (χ2n) is 3.52. The Morgan fingerprint density at radius 1 is 1.62 bits per heavy atom. The van der Waals surface area contributed by atoms with E-state index in [2.05, 4.69) is 21.2 Å². The Balaban J connectivity index is 2.85. The molecule has 16 heavy (non-hydrogen) atoms. The molecule has 0 aliphatic heterocycles. The molecule has 1 rings (SSSR count). The van der Waals surface area contributed by atoms with E-state index in [0.29, 0.717) is 12.0 Å². The average Bonchev–Trinajstić information content (AvgIpc) is 2.25. The molecule has 1 unspecified atom stereocenters. The maximum Gasteiger partial charge on any atom is 0.252 e. The topological polar surface area (TPSA) is 52.9 Å². The number of hydrogen-bond donors (Lipinski definition) is 1. The molecule has 0 saturated carbocycles. The summed E-state index contributed by atoms with van der Waals surface area (Å²) in [5.74, 6) is -0.196. The van der Waals surface area contributed by atoms with Crippen molar-refractivity contribution in [3.8, 4) is 6.07 Å². The number of carbonyl (C=O) groups excluding carboxylic acids is 1. The fraction of sp³-hybridized carbons (Fsp3) is 0.333. The number of nitriles is 1. The van der Waals surface area contributed by atoms with Gasteiger partial charge in [-0.25, -0.2) is 0 Å². The molecule has 0 aliphatic carbocycles. The molecule has 4 heteroatoms. The highest BCUT2D eigenvalue weighted by atomic mass is 79.9. The molecule has 1 aromatic rings. The smallest absolute Gasteiger partial charge is 0.252 e. The van der Waals surface area contributed by atoms with E-state index in [-0.39, 0.29) is 5.91 Å². The number of halogens is 1. The molecule has 0 saturated heterocycles. The minimum atomic E-state index is -0.421. The Morgan fingerprint density at radius 3 is 2.81 bits per heavy atom. The highest BCUT2D eigenvalue weighted by Crippen LogP contribution is 2.15. The quantitative estimate of drug-likeness (QED) is 0.926. The van der Waals surface area contributed by atoms with Gasteiger partial charge in [-0.05, 0) is 37.1 Å². The molecule has 0 spiro atoms. The van der Waals surface area contributed by atoms with Gasteiger partial charge in [0.05, 0.1) is 6.07 Å². The predicted molar refractivity (Wildman–Crippen MR) is 66.0 cm³/mol. The molecule has 0 radical (unpaired) electrons. The van der Waals surface area contributed by atoms with Crippen LogP contribution in [0.5, 0.6) is 0 Å². The number of hydrogen-bond acceptors (Lipinski definition) is 2. The number of amides is 1. The SMILES string of the molecule is CCC(C#N)NC(=O)c1ccc(Br)cc1C. The van der Waals surface area contributed by atoms with Crippen molar-refractivity contribution in [3.63, 3.8) is 0 Å². The van der Waals surface area contributed by atoms with E-state index in [1.807, 2.05) is 32.0 Å². The van der Waals surface area contributed by atoms with Gasteiger partial charge in [-0.1, -0.05) is 22.9 Å². The molecule has 0 fully saturated rings. The first-order valence-corrected chi connectivity index (χ1v) is 5.84. The molecule has 3 nitrogen and oxygen atoms in total. The van der Waals surface area contributed by atoms with E-state index in [1.165, 1.54) is 0 Å². The van der Waals surface area contributed by atoms with Crippen LogP contribution in [0.2, 0.25) is 0 Å². The van der Waals surface area contributed by atoms with E-state index in [9.17, 15) is 4.79 Å². The molecular weight excluding hydrogens is 268 g/mol. The highest BCUT2D eigenvalue weighted by molar-refractivity contribution is 9.10. The monoisotopic (exact) mass is 280 g/mol. The summed E-state index contributed by atoms with van der Waals surface area (Å²) in [7, 11) is 0. The first-order chi connectivity index (χ1) is 7.58. The number of rotatable bonds is 3. The van der Waals surface area contributed by atoms with Crippen LogP contribution in [0.1, 0.15) is 29.3 Å². The molecule has 1 atom stereocenters. The largest absolute Gasteiger partial charge is 0.336 e. The fourth-order valence-electron chi connectivity index (χ4n) is 1.34. The molecule has 0 bridgehead atoms. The zero-order valence-electron chi connectivity index (χ0n) is 9.25. The van der Waals surface area contributed by atoms with Crippen molar-refractivity contribution < 1.29 is 4.79 Å². The molecule has 1 N–H and O–H groups in total. The number of nitrogens with zero attached hydrogens (tertiary/aromatic N) is 1. The Labute approximate surface area is 104 Å². The Kier molecular flexibility index (Phi) is 4.51. The van der Waals surface area contributed by atoms with Gasteiger partial charge >= 0.3 is 0 Å². The molecule has 84 valence electrons. The summed E-state index contributed by atoms with van der Waals surface area (Å²) in [4.78, 5) is 11.8. The lowest BCUT2D eigenvalue weighted by atomic mass is 10.1. The van der Waals surface area contributed by atoms with Crippen LogP contribution < -0.4 is 5.32 Å². The van der Waals surface area contributed by atoms with Crippen LogP contribution in [-0.4, -0.2) is 11.9 Å². The third kappa shape index (κ3) is 3.07. The van der Waals surface area contributed by atoms with Crippen LogP contribution in [-0.2, 0) is 0 Å². The lowest BCUT2D eigenvalue weighted by molar-refractivity contribution is 0.0944. The first kappa shape index (κ1) is 12.7. The van der Waals surface area contributed by atoms with Gasteiger partial charge in [0.2, 0.25) is 0 Å². The van der Waals surface area contributed by atoms with Crippen molar-refractivity contribution >= 4 is 21.8 Å². The Morgan fingerprint density at radius 2 is 2.31 bits per heavy atom. The van der Waals surface area contributed by atoms with Crippen LogP contribution in [0.3, 0.4) is 0 Å². The van der Waals surface area contributed by atoms with Gasteiger partial charge in [0.25, 0.3) is 5.91 Å². The van der Waals surface area contributed by atoms with Crippen molar-refractivity contribution in [2.45, 2.75) is 26.3 Å². The summed E-state index contributed by atoms with van der Waals surface area (Å²) < 4.78 is 0.939. The van der Waals surface area contributed by atoms with Gasteiger partial charge in [0, 0.05) is 10.0 Å². The van der Waals surface area contributed by atoms with Gasteiger partial charge in [-0.3, -0.25) is 4.79 Å². The van der Waals surface area contributed by atoms with Gasteiger partial charge in [-0.2, -0.15) is 5.26 Å². The van der Waals surface area contributed by atoms with Crippen molar-refractivity contribution in [1.82, 2.24) is 5.32 Å². The normalized spacial score (nSPS) is 11.6. The van der Waals surface area contributed by atoms with Crippen molar-refractivity contribution in [3.05, 3.63) is 33.8 Å². The van der Waals surface area contributed by atoms with E-state index in [4.69, 9.17) is 5.26 Å². The van der Waals surface area contributed by atoms with Gasteiger partial charge in [-0.15, -0.1) is 0 Å². The standard InChI is InChI=1S/C12H13BrN2O/c1-3-10(7-14)15-12(16)11-5-4-9(13)6-8(11)2/h4-6,10H,3H2,1-2H3,(H,15,16). The molecule has 1 aromatic carbocycles. The maximum atomic E-state index is 11.8.